The second-order valence-electron chi connectivity index (χ2n) is 2.58. The van der Waals surface area contributed by atoms with Crippen molar-refractivity contribution >= 4 is 18.3 Å². The van der Waals surface area contributed by atoms with E-state index in [0.29, 0.717) is 16.2 Å². The molecule has 0 aliphatic rings. The van der Waals surface area contributed by atoms with Gasteiger partial charge in [0.25, 0.3) is 0 Å². The predicted molar refractivity (Wildman–Crippen MR) is 68.9 cm³/mol. The molecule has 0 atom stereocenters. The highest BCUT2D eigenvalue weighted by Crippen LogP contribution is 2.01. The molecule has 0 aliphatic carbocycles. The molecule has 0 spiro atoms. The van der Waals surface area contributed by atoms with Gasteiger partial charge in [0, 0.05) is 22.4 Å². The van der Waals surface area contributed by atoms with Gasteiger partial charge in [-0.25, -0.2) is 0 Å². The first-order valence-corrected chi connectivity index (χ1v) is 4.48. The minimum absolute atomic E-state index is 0.438. The van der Waals surface area contributed by atoms with Gasteiger partial charge in [0.15, 0.2) is 0 Å². The number of rotatable bonds is 4. The number of halogens is 1. The van der Waals surface area contributed by atoms with E-state index in [0.717, 1.165) is 0 Å². The number of hydrogen-bond donors (Lipinski definition) is 0. The topological polar surface area (TPSA) is 12.4 Å². The van der Waals surface area contributed by atoms with E-state index in [4.69, 9.17) is 11.6 Å². The standard InChI is InChI=1S/C13H12ClN/c1-11(7-8-13(3)14)5-6-12(2)9-10-15-4/h7-10H,1-4H2/b8-7-,10-9-. The van der Waals surface area contributed by atoms with Crippen molar-refractivity contribution in [2.45, 2.75) is 0 Å². The van der Waals surface area contributed by atoms with E-state index in [1.54, 1.807) is 18.2 Å². The molecule has 0 unspecified atom stereocenters. The summed E-state index contributed by atoms with van der Waals surface area (Å²) in [5.41, 5.74) is 1.28. The second-order valence-corrected chi connectivity index (χ2v) is 3.06. The van der Waals surface area contributed by atoms with Crippen LogP contribution in [0.3, 0.4) is 0 Å². The molecule has 0 aliphatic heterocycles. The molecule has 0 N–H and O–H groups in total. The molecule has 0 rings (SSSR count). The Labute approximate surface area is 95.9 Å². The van der Waals surface area contributed by atoms with Crippen LogP contribution in [0.15, 0.2) is 65.3 Å². The van der Waals surface area contributed by atoms with Crippen LogP contribution in [0.1, 0.15) is 0 Å². The first-order valence-electron chi connectivity index (χ1n) is 4.11. The number of allylic oxidation sites excluding steroid dienone is 6. The van der Waals surface area contributed by atoms with Gasteiger partial charge in [0.05, 0.1) is 0 Å². The largest absolute Gasteiger partial charge is 0.272 e. The van der Waals surface area contributed by atoms with Crippen molar-refractivity contribution in [1.82, 2.24) is 0 Å². The molecule has 0 amide bonds. The zero-order chi connectivity index (χ0) is 11.7. The van der Waals surface area contributed by atoms with Crippen LogP contribution in [0.25, 0.3) is 0 Å². The SMILES string of the molecule is C=N/C=C\C(=C)C#CC(=C)/C=C\C(=C)Cl. The smallest absolute Gasteiger partial charge is 0.0334 e. The molecule has 15 heavy (non-hydrogen) atoms. The Bertz CT molecular complexity index is 400. The van der Waals surface area contributed by atoms with Crippen LogP contribution in [0, 0.1) is 11.8 Å². The normalized spacial score (nSPS) is 9.67. The van der Waals surface area contributed by atoms with E-state index in [-0.39, 0.29) is 0 Å². The van der Waals surface area contributed by atoms with Crippen LogP contribution in [-0.4, -0.2) is 6.72 Å². The average Bonchev–Trinajstić information content (AvgIpc) is 2.20. The molecule has 76 valence electrons. The summed E-state index contributed by atoms with van der Waals surface area (Å²) < 4.78 is 0. The lowest BCUT2D eigenvalue weighted by Gasteiger charge is -1.86. The third kappa shape index (κ3) is 8.55. The summed E-state index contributed by atoms with van der Waals surface area (Å²) in [7, 11) is 0. The summed E-state index contributed by atoms with van der Waals surface area (Å²) in [6.45, 7) is 14.2. The van der Waals surface area contributed by atoms with Crippen LogP contribution >= 0.6 is 11.6 Å². The molecular weight excluding hydrogens is 206 g/mol. The highest BCUT2D eigenvalue weighted by atomic mass is 35.5. The summed E-state index contributed by atoms with van der Waals surface area (Å²) in [6.07, 6.45) is 6.50. The van der Waals surface area contributed by atoms with Gasteiger partial charge < -0.3 is 0 Å². The van der Waals surface area contributed by atoms with Gasteiger partial charge in [-0.2, -0.15) is 0 Å². The van der Waals surface area contributed by atoms with Gasteiger partial charge in [-0.1, -0.05) is 43.2 Å². The monoisotopic (exact) mass is 217 g/mol. The van der Waals surface area contributed by atoms with E-state index in [9.17, 15) is 0 Å². The molecule has 0 saturated heterocycles. The van der Waals surface area contributed by atoms with Crippen LogP contribution in [-0.2, 0) is 0 Å². The molecule has 2 heteroatoms. The Morgan fingerprint density at radius 3 is 2.00 bits per heavy atom. The van der Waals surface area contributed by atoms with Crippen molar-refractivity contribution < 1.29 is 0 Å². The zero-order valence-electron chi connectivity index (χ0n) is 8.46. The van der Waals surface area contributed by atoms with Gasteiger partial charge >= 0.3 is 0 Å². The molecule has 0 saturated carbocycles. The van der Waals surface area contributed by atoms with Crippen LogP contribution in [0.5, 0.6) is 0 Å². The molecule has 0 bridgehead atoms. The molecular formula is C13H12ClN. The fourth-order valence-electron chi connectivity index (χ4n) is 0.578. The fraction of sp³-hybridized carbons (Fsp3) is 0. The summed E-state index contributed by atoms with van der Waals surface area (Å²) in [4.78, 5) is 3.54. The summed E-state index contributed by atoms with van der Waals surface area (Å²) in [6, 6.07) is 0. The lowest BCUT2D eigenvalue weighted by Crippen LogP contribution is -1.71. The molecule has 0 heterocycles. The van der Waals surface area contributed by atoms with Gasteiger partial charge in [-0.3, -0.25) is 4.99 Å². The Morgan fingerprint density at radius 1 is 1.00 bits per heavy atom. The quantitative estimate of drug-likeness (QED) is 0.388. The van der Waals surface area contributed by atoms with Gasteiger partial charge in [0.2, 0.25) is 0 Å². The lowest BCUT2D eigenvalue weighted by atomic mass is 10.2. The first kappa shape index (κ1) is 13.2. The van der Waals surface area contributed by atoms with Crippen molar-refractivity contribution in [3.63, 3.8) is 0 Å². The van der Waals surface area contributed by atoms with Crippen LogP contribution < -0.4 is 0 Å². The minimum atomic E-state index is 0.438. The van der Waals surface area contributed by atoms with E-state index >= 15 is 0 Å². The maximum Gasteiger partial charge on any atom is 0.0334 e. The average molecular weight is 218 g/mol. The van der Waals surface area contributed by atoms with Crippen molar-refractivity contribution in [2.24, 2.45) is 4.99 Å². The Kier molecular flexibility index (Phi) is 6.70. The van der Waals surface area contributed by atoms with Crippen molar-refractivity contribution in [2.75, 3.05) is 0 Å². The Balaban J connectivity index is 4.35. The maximum absolute atomic E-state index is 5.53. The molecule has 0 aromatic heterocycles. The molecule has 0 fully saturated rings. The highest BCUT2D eigenvalue weighted by Gasteiger charge is 1.82. The highest BCUT2D eigenvalue weighted by molar-refractivity contribution is 6.30. The molecule has 0 aromatic rings. The van der Waals surface area contributed by atoms with Gasteiger partial charge in [-0.05, 0) is 24.9 Å². The Morgan fingerprint density at radius 2 is 1.53 bits per heavy atom. The van der Waals surface area contributed by atoms with Crippen molar-refractivity contribution in [3.8, 4) is 11.8 Å². The zero-order valence-corrected chi connectivity index (χ0v) is 9.22. The van der Waals surface area contributed by atoms with E-state index in [1.807, 2.05) is 0 Å². The van der Waals surface area contributed by atoms with Crippen LogP contribution in [0.2, 0.25) is 0 Å². The first-order chi connectivity index (χ1) is 7.06. The summed E-state index contributed by atoms with van der Waals surface area (Å²) >= 11 is 5.53. The third-order valence-corrected chi connectivity index (χ3v) is 1.36. The van der Waals surface area contributed by atoms with Gasteiger partial charge in [-0.15, -0.1) is 0 Å². The summed E-state index contributed by atoms with van der Waals surface area (Å²) in [5, 5.41) is 0.438. The second kappa shape index (κ2) is 7.61. The minimum Gasteiger partial charge on any atom is -0.272 e. The maximum atomic E-state index is 5.53. The van der Waals surface area contributed by atoms with E-state index < -0.39 is 0 Å². The molecule has 0 aromatic carbocycles. The van der Waals surface area contributed by atoms with Crippen molar-refractivity contribution in [1.29, 1.82) is 0 Å². The Hall–Kier alpha value is -1.78. The number of hydrogen-bond acceptors (Lipinski definition) is 1. The third-order valence-electron chi connectivity index (χ3n) is 1.23. The molecule has 1 nitrogen and oxygen atoms in total. The van der Waals surface area contributed by atoms with Gasteiger partial charge in [0.1, 0.15) is 0 Å². The summed E-state index contributed by atoms with van der Waals surface area (Å²) in [5.74, 6) is 5.60. The molecule has 0 radical (unpaired) electrons. The number of aliphatic imine (C=N–C) groups is 1. The van der Waals surface area contributed by atoms with Crippen molar-refractivity contribution in [3.05, 3.63) is 60.3 Å². The van der Waals surface area contributed by atoms with E-state index in [1.165, 1.54) is 6.20 Å². The van der Waals surface area contributed by atoms with Crippen LogP contribution in [0.4, 0.5) is 0 Å². The lowest BCUT2D eigenvalue weighted by molar-refractivity contribution is 1.59. The number of nitrogens with zero attached hydrogens (tertiary/aromatic N) is 1. The predicted octanol–water partition coefficient (Wildman–Crippen LogP) is 3.63. The van der Waals surface area contributed by atoms with E-state index in [2.05, 4.69) is 43.3 Å². The fourth-order valence-corrected chi connectivity index (χ4v) is 0.641.